The number of hydrogen-bond donors (Lipinski definition) is 3. The van der Waals surface area contributed by atoms with Gasteiger partial charge < -0.3 is 30.9 Å². The molecule has 0 spiro atoms. The number of carbonyl (C=O) groups is 4. The van der Waals surface area contributed by atoms with Crippen LogP contribution in [0.4, 0.5) is 0 Å². The molecule has 54 heavy (non-hydrogen) atoms. The van der Waals surface area contributed by atoms with E-state index < -0.39 is 12.0 Å². The molecule has 1 atom stereocenters. The summed E-state index contributed by atoms with van der Waals surface area (Å²) in [7, 11) is 0. The lowest BCUT2D eigenvalue weighted by Gasteiger charge is -2.25. The summed E-state index contributed by atoms with van der Waals surface area (Å²) in [5.74, 6) is -1.43. The van der Waals surface area contributed by atoms with Crippen LogP contribution >= 0.6 is 24.8 Å². The lowest BCUT2D eigenvalue weighted by molar-refractivity contribution is -0.148. The third kappa shape index (κ3) is 40.1. The first-order chi connectivity index (χ1) is 25.3. The molecule has 0 aromatic heterocycles. The average Bonchev–Trinajstić information content (AvgIpc) is 3.12. The van der Waals surface area contributed by atoms with Gasteiger partial charge in [-0.05, 0) is 38.6 Å². The summed E-state index contributed by atoms with van der Waals surface area (Å²) in [6, 6.07) is -0.667. The molecule has 0 saturated heterocycles. The molecule has 1 amide bonds. The van der Waals surface area contributed by atoms with Gasteiger partial charge in [-0.2, -0.15) is 0 Å². The number of aliphatic carboxylic acids is 1. The van der Waals surface area contributed by atoms with Crippen molar-refractivity contribution >= 4 is 48.6 Å². The van der Waals surface area contributed by atoms with E-state index in [4.69, 9.17) is 26.0 Å². The third-order valence-corrected chi connectivity index (χ3v) is 9.85. The number of halogens is 2. The maximum absolute atomic E-state index is 13.1. The lowest BCUT2D eigenvalue weighted by Crippen LogP contribution is -2.46. The van der Waals surface area contributed by atoms with Crippen molar-refractivity contribution < 1.29 is 33.8 Å². The highest BCUT2D eigenvalue weighted by Gasteiger charge is 2.21. The molecule has 0 aromatic carbocycles. The van der Waals surface area contributed by atoms with Crippen molar-refractivity contribution in [1.29, 1.82) is 0 Å². The number of carbonyl (C=O) groups excluding carboxylic acids is 3. The number of amides is 1. The predicted octanol–water partition coefficient (Wildman–Crippen LogP) is 10.2. The molecule has 0 bridgehead atoms. The standard InChI is InChI=1S/C42H81N3O7.2ClH/c1-2-3-4-5-6-7-8-9-13-16-19-22-25-31-40(48)51-36-34-45(42(50)38(44)29-27-28-33-43)35-37-52-41(49)32-26-23-20-17-14-11-10-12-15-18-21-24-30-39(46)47;;/h38H,2-37,43-44H2,1H3,(H,46,47);2*1H/t38-;;/m0../s1. The van der Waals surface area contributed by atoms with Gasteiger partial charge in [0.05, 0.1) is 19.1 Å². The molecule has 322 valence electrons. The van der Waals surface area contributed by atoms with Crippen molar-refractivity contribution in [3.8, 4) is 0 Å². The summed E-state index contributed by atoms with van der Waals surface area (Å²) in [4.78, 5) is 49.9. The highest BCUT2D eigenvalue weighted by molar-refractivity contribution is 5.85. The molecule has 0 aliphatic carbocycles. The van der Waals surface area contributed by atoms with E-state index in [1.165, 1.54) is 103 Å². The minimum Gasteiger partial charge on any atom is -0.481 e. The van der Waals surface area contributed by atoms with Crippen molar-refractivity contribution in [3.63, 3.8) is 0 Å². The molecule has 0 aromatic rings. The van der Waals surface area contributed by atoms with E-state index in [1.54, 1.807) is 4.90 Å². The number of ether oxygens (including phenoxy) is 2. The topological polar surface area (TPSA) is 162 Å². The fourth-order valence-electron chi connectivity index (χ4n) is 6.48. The van der Waals surface area contributed by atoms with Gasteiger partial charge in [0.15, 0.2) is 0 Å². The van der Waals surface area contributed by atoms with Crippen LogP contribution in [-0.2, 0) is 28.7 Å². The normalized spacial score (nSPS) is 11.3. The smallest absolute Gasteiger partial charge is 0.305 e. The summed E-state index contributed by atoms with van der Waals surface area (Å²) in [6.45, 7) is 3.43. The summed E-state index contributed by atoms with van der Waals surface area (Å²) in [6.07, 6.45) is 32.4. The molecule has 0 fully saturated rings. The number of nitrogens with zero attached hydrogens (tertiary/aromatic N) is 1. The summed E-state index contributed by atoms with van der Waals surface area (Å²) < 4.78 is 10.9. The second-order valence-corrected chi connectivity index (χ2v) is 14.8. The molecule has 0 saturated carbocycles. The maximum Gasteiger partial charge on any atom is 0.305 e. The number of nitrogens with two attached hydrogens (primary N) is 2. The van der Waals surface area contributed by atoms with Crippen LogP contribution in [0.5, 0.6) is 0 Å². The first-order valence-corrected chi connectivity index (χ1v) is 21.6. The number of esters is 2. The van der Waals surface area contributed by atoms with E-state index >= 15 is 0 Å². The van der Waals surface area contributed by atoms with Crippen LogP contribution in [0.25, 0.3) is 0 Å². The summed E-state index contributed by atoms with van der Waals surface area (Å²) >= 11 is 0. The monoisotopic (exact) mass is 812 g/mol. The summed E-state index contributed by atoms with van der Waals surface area (Å²) in [5.41, 5.74) is 11.8. The fraction of sp³-hybridized carbons (Fsp3) is 0.905. The molecular formula is C42H83Cl2N3O7. The molecule has 0 unspecified atom stereocenters. The van der Waals surface area contributed by atoms with Gasteiger partial charge in [-0.15, -0.1) is 24.8 Å². The Morgan fingerprint density at radius 3 is 1.19 bits per heavy atom. The number of unbranched alkanes of at least 4 members (excludes halogenated alkanes) is 24. The summed E-state index contributed by atoms with van der Waals surface area (Å²) in [5, 5.41) is 8.67. The quantitative estimate of drug-likeness (QED) is 0.0404. The molecule has 10 nitrogen and oxygen atoms in total. The van der Waals surface area contributed by atoms with E-state index in [1.807, 2.05) is 0 Å². The van der Waals surface area contributed by atoms with Gasteiger partial charge in [0.25, 0.3) is 0 Å². The van der Waals surface area contributed by atoms with Crippen molar-refractivity contribution in [2.24, 2.45) is 11.5 Å². The Balaban J connectivity index is -0.0000130. The van der Waals surface area contributed by atoms with Gasteiger partial charge in [0.1, 0.15) is 13.2 Å². The fourth-order valence-corrected chi connectivity index (χ4v) is 6.48. The van der Waals surface area contributed by atoms with Gasteiger partial charge in [0.2, 0.25) is 5.91 Å². The van der Waals surface area contributed by atoms with E-state index in [2.05, 4.69) is 6.92 Å². The van der Waals surface area contributed by atoms with Crippen LogP contribution in [0.2, 0.25) is 0 Å². The number of rotatable bonds is 40. The van der Waals surface area contributed by atoms with Crippen LogP contribution in [0.3, 0.4) is 0 Å². The Hall–Kier alpha value is -1.62. The Bertz CT molecular complexity index is 870. The molecule has 0 radical (unpaired) electrons. The minimum absolute atomic E-state index is 0. The van der Waals surface area contributed by atoms with E-state index in [0.29, 0.717) is 25.8 Å². The van der Waals surface area contributed by atoms with Gasteiger partial charge >= 0.3 is 17.9 Å². The number of carboxylic acids is 1. The second kappa shape index (κ2) is 44.1. The van der Waals surface area contributed by atoms with Crippen molar-refractivity contribution in [2.45, 2.75) is 212 Å². The van der Waals surface area contributed by atoms with E-state index in [0.717, 1.165) is 70.6 Å². The minimum atomic E-state index is -0.704. The Morgan fingerprint density at radius 1 is 0.519 bits per heavy atom. The molecule has 5 N–H and O–H groups in total. The predicted molar refractivity (Wildman–Crippen MR) is 226 cm³/mol. The van der Waals surface area contributed by atoms with Gasteiger partial charge in [0, 0.05) is 19.3 Å². The van der Waals surface area contributed by atoms with Crippen molar-refractivity contribution in [3.05, 3.63) is 0 Å². The zero-order valence-corrected chi connectivity index (χ0v) is 36.0. The molecule has 0 aliphatic heterocycles. The number of carboxylic acid groups (broad SMARTS) is 1. The van der Waals surface area contributed by atoms with Crippen molar-refractivity contribution in [1.82, 2.24) is 4.90 Å². The molecule has 0 heterocycles. The Labute approximate surface area is 342 Å². The van der Waals surface area contributed by atoms with E-state index in [-0.39, 0.29) is 75.4 Å². The highest BCUT2D eigenvalue weighted by Crippen LogP contribution is 2.15. The maximum atomic E-state index is 13.1. The Kier molecular flexibility index (Phi) is 46.3. The molecule has 0 aliphatic rings. The zero-order chi connectivity index (χ0) is 38.3. The second-order valence-electron chi connectivity index (χ2n) is 14.8. The van der Waals surface area contributed by atoms with Crippen LogP contribution < -0.4 is 11.5 Å². The molecule has 12 heteroatoms. The van der Waals surface area contributed by atoms with E-state index in [9.17, 15) is 19.2 Å². The first kappa shape index (κ1) is 56.7. The largest absolute Gasteiger partial charge is 0.481 e. The third-order valence-electron chi connectivity index (χ3n) is 9.85. The Morgan fingerprint density at radius 2 is 0.852 bits per heavy atom. The molecular weight excluding hydrogens is 729 g/mol. The number of hydrogen-bond acceptors (Lipinski definition) is 8. The average molecular weight is 813 g/mol. The lowest BCUT2D eigenvalue weighted by atomic mass is 10.0. The van der Waals surface area contributed by atoms with Gasteiger partial charge in [-0.3, -0.25) is 19.2 Å². The van der Waals surface area contributed by atoms with Crippen LogP contribution in [-0.4, -0.2) is 72.7 Å². The van der Waals surface area contributed by atoms with Gasteiger partial charge in [-0.25, -0.2) is 0 Å². The SMILES string of the molecule is CCCCCCCCCCCCCCCC(=O)OCCN(CCOC(=O)CCCCCCCCCCCCCCC(=O)O)C(=O)[C@@H](N)CCCCN.Cl.Cl. The van der Waals surface area contributed by atoms with Crippen LogP contribution in [0, 0.1) is 0 Å². The first-order valence-electron chi connectivity index (χ1n) is 21.6. The van der Waals surface area contributed by atoms with Crippen LogP contribution in [0.15, 0.2) is 0 Å². The zero-order valence-electron chi connectivity index (χ0n) is 34.3. The van der Waals surface area contributed by atoms with Crippen molar-refractivity contribution in [2.75, 3.05) is 32.8 Å². The molecule has 0 rings (SSSR count). The highest BCUT2D eigenvalue weighted by atomic mass is 35.5. The van der Waals surface area contributed by atoms with Gasteiger partial charge in [-0.1, -0.05) is 155 Å². The van der Waals surface area contributed by atoms with Crippen LogP contribution in [0.1, 0.15) is 206 Å².